The summed E-state index contributed by atoms with van der Waals surface area (Å²) >= 11 is 12.8. The zero-order valence-electron chi connectivity index (χ0n) is 8.46. The summed E-state index contributed by atoms with van der Waals surface area (Å²) in [6, 6.07) is 0. The Labute approximate surface area is 95.6 Å². The molecule has 2 atom stereocenters. The van der Waals surface area contributed by atoms with E-state index < -0.39 is 4.82 Å². The summed E-state index contributed by atoms with van der Waals surface area (Å²) in [5.74, 6) is 0.932. The van der Waals surface area contributed by atoms with Crippen molar-refractivity contribution in [2.24, 2.45) is 0 Å². The lowest BCUT2D eigenvalue weighted by atomic mass is 10.2. The van der Waals surface area contributed by atoms with Gasteiger partial charge in [-0.1, -0.05) is 38.1 Å². The van der Waals surface area contributed by atoms with Crippen molar-refractivity contribution in [2.75, 3.05) is 5.75 Å². The molecule has 0 aliphatic rings. The lowest BCUT2D eigenvalue weighted by Crippen LogP contribution is -2.03. The maximum Gasteiger partial charge on any atom is 0.207 e. The minimum absolute atomic E-state index is 0.210. The number of unbranched alkanes of at least 4 members (excludes halogenated alkanes) is 1. The maximum atomic E-state index is 6.08. The summed E-state index contributed by atoms with van der Waals surface area (Å²) in [5.41, 5.74) is 0. The van der Waals surface area contributed by atoms with E-state index in [1.165, 1.54) is 12.8 Å². The molecule has 2 unspecified atom stereocenters. The normalized spacial score (nSPS) is 18.2. The van der Waals surface area contributed by atoms with E-state index in [1.807, 2.05) is 6.92 Å². The summed E-state index contributed by atoms with van der Waals surface area (Å²) in [6.45, 7) is 6.27. The van der Waals surface area contributed by atoms with E-state index >= 15 is 0 Å². The predicted octanol–water partition coefficient (Wildman–Crippen LogP) is 4.80. The van der Waals surface area contributed by atoms with Gasteiger partial charge < -0.3 is 4.52 Å². The highest BCUT2D eigenvalue weighted by Crippen LogP contribution is 2.65. The smallest absolute Gasteiger partial charge is 0.207 e. The van der Waals surface area contributed by atoms with Gasteiger partial charge in [-0.05, 0) is 42.1 Å². The molecule has 0 aliphatic heterocycles. The fourth-order valence-electron chi connectivity index (χ4n) is 0.944. The summed E-state index contributed by atoms with van der Waals surface area (Å²) < 4.78 is 5.63. The van der Waals surface area contributed by atoms with Gasteiger partial charge in [-0.15, -0.1) is 0 Å². The van der Waals surface area contributed by atoms with Crippen molar-refractivity contribution in [1.29, 1.82) is 0 Å². The molecule has 0 aliphatic carbocycles. The van der Waals surface area contributed by atoms with E-state index in [0.717, 1.165) is 12.2 Å². The topological polar surface area (TPSA) is 9.23 Å². The number of halogens is 1. The van der Waals surface area contributed by atoms with E-state index in [4.69, 9.17) is 27.6 Å². The standard InChI is InChI=1S/C8H18ClOPS2/c1-4-6-7-8(3)10-11(9,12)13-5-2/h8H,4-7H2,1-3H3. The molecule has 0 saturated carbocycles. The average Bonchev–Trinajstić information content (AvgIpc) is 1.99. The molecule has 1 nitrogen and oxygen atoms in total. The Bertz CT molecular complexity index is 178. The van der Waals surface area contributed by atoms with Gasteiger partial charge in [-0.25, -0.2) is 0 Å². The van der Waals surface area contributed by atoms with Crippen molar-refractivity contribution in [2.45, 2.75) is 46.1 Å². The van der Waals surface area contributed by atoms with Crippen LogP contribution in [0.2, 0.25) is 0 Å². The Morgan fingerprint density at radius 1 is 1.54 bits per heavy atom. The van der Waals surface area contributed by atoms with Crippen LogP contribution in [-0.4, -0.2) is 11.9 Å². The first-order chi connectivity index (χ1) is 6.02. The molecule has 0 radical (unpaired) electrons. The third kappa shape index (κ3) is 8.26. The van der Waals surface area contributed by atoms with Crippen molar-refractivity contribution in [3.8, 4) is 0 Å². The van der Waals surface area contributed by atoms with Crippen LogP contribution in [0.25, 0.3) is 0 Å². The Hall–Kier alpha value is 1.25. The summed E-state index contributed by atoms with van der Waals surface area (Å²) in [7, 11) is 0. The van der Waals surface area contributed by atoms with Gasteiger partial charge >= 0.3 is 0 Å². The Balaban J connectivity index is 3.75. The van der Waals surface area contributed by atoms with Crippen LogP contribution < -0.4 is 0 Å². The van der Waals surface area contributed by atoms with Gasteiger partial charge in [0.2, 0.25) is 4.82 Å². The van der Waals surface area contributed by atoms with Crippen LogP contribution in [-0.2, 0) is 16.3 Å². The van der Waals surface area contributed by atoms with Gasteiger partial charge in [0.15, 0.2) is 0 Å². The van der Waals surface area contributed by atoms with Gasteiger partial charge in [0.05, 0.1) is 6.10 Å². The number of hydrogen-bond acceptors (Lipinski definition) is 3. The van der Waals surface area contributed by atoms with Crippen molar-refractivity contribution in [3.05, 3.63) is 0 Å². The quantitative estimate of drug-likeness (QED) is 0.609. The van der Waals surface area contributed by atoms with E-state index in [2.05, 4.69) is 13.8 Å². The second kappa shape index (κ2) is 7.53. The molecular weight excluding hydrogens is 243 g/mol. The number of rotatable bonds is 7. The van der Waals surface area contributed by atoms with Crippen LogP contribution in [0.4, 0.5) is 0 Å². The SMILES string of the molecule is CCCCC(C)OP(=S)(Cl)SCC. The molecule has 5 heteroatoms. The number of hydrogen-bond donors (Lipinski definition) is 0. The van der Waals surface area contributed by atoms with Crippen LogP contribution in [0.15, 0.2) is 0 Å². The third-order valence-electron chi connectivity index (χ3n) is 1.55. The van der Waals surface area contributed by atoms with Gasteiger partial charge in [0.1, 0.15) is 0 Å². The molecule has 0 N–H and O–H groups in total. The Kier molecular flexibility index (Phi) is 8.25. The molecule has 0 saturated heterocycles. The zero-order valence-corrected chi connectivity index (χ0v) is 11.7. The highest BCUT2D eigenvalue weighted by Gasteiger charge is 2.17. The Morgan fingerprint density at radius 3 is 2.62 bits per heavy atom. The van der Waals surface area contributed by atoms with Crippen LogP contribution in [0.1, 0.15) is 40.0 Å². The molecule has 80 valence electrons. The summed E-state index contributed by atoms with van der Waals surface area (Å²) in [4.78, 5) is -2.07. The van der Waals surface area contributed by atoms with Crippen LogP contribution in [0.3, 0.4) is 0 Å². The maximum absolute atomic E-state index is 6.08. The average molecular weight is 261 g/mol. The van der Waals surface area contributed by atoms with Gasteiger partial charge in [-0.3, -0.25) is 0 Å². The zero-order chi connectivity index (χ0) is 10.3. The largest absolute Gasteiger partial charge is 0.327 e. The lowest BCUT2D eigenvalue weighted by molar-refractivity contribution is 0.240. The molecule has 0 aromatic heterocycles. The molecule has 13 heavy (non-hydrogen) atoms. The lowest BCUT2D eigenvalue weighted by Gasteiger charge is -2.18. The molecule has 0 aromatic carbocycles. The third-order valence-corrected chi connectivity index (χ3v) is 7.01. The first-order valence-corrected chi connectivity index (χ1v) is 9.86. The summed E-state index contributed by atoms with van der Waals surface area (Å²) in [5, 5.41) is 0. The van der Waals surface area contributed by atoms with Gasteiger partial charge in [0, 0.05) is 0 Å². The molecular formula is C8H18ClOPS2. The summed E-state index contributed by atoms with van der Waals surface area (Å²) in [6.07, 6.45) is 3.65. The predicted molar refractivity (Wildman–Crippen MR) is 68.3 cm³/mol. The van der Waals surface area contributed by atoms with E-state index in [-0.39, 0.29) is 6.10 Å². The monoisotopic (exact) mass is 260 g/mol. The van der Waals surface area contributed by atoms with Crippen LogP contribution in [0, 0.1) is 0 Å². The molecule has 0 aromatic rings. The molecule has 0 bridgehead atoms. The van der Waals surface area contributed by atoms with E-state index in [1.54, 1.807) is 11.4 Å². The van der Waals surface area contributed by atoms with Crippen LogP contribution in [0.5, 0.6) is 0 Å². The van der Waals surface area contributed by atoms with Gasteiger partial charge in [0.25, 0.3) is 0 Å². The molecule has 0 heterocycles. The molecule has 0 rings (SSSR count). The fraction of sp³-hybridized carbons (Fsp3) is 1.00. The highest BCUT2D eigenvalue weighted by molar-refractivity contribution is 8.76. The van der Waals surface area contributed by atoms with Crippen molar-refractivity contribution in [3.63, 3.8) is 0 Å². The van der Waals surface area contributed by atoms with Crippen molar-refractivity contribution in [1.82, 2.24) is 0 Å². The first-order valence-electron chi connectivity index (χ1n) is 4.64. The first kappa shape index (κ1) is 14.2. The highest BCUT2D eigenvalue weighted by atomic mass is 35.7. The van der Waals surface area contributed by atoms with Crippen LogP contribution >= 0.6 is 27.4 Å². The molecule has 0 spiro atoms. The van der Waals surface area contributed by atoms with E-state index in [9.17, 15) is 0 Å². The molecule has 0 fully saturated rings. The second-order valence-corrected chi connectivity index (χ2v) is 12.0. The second-order valence-electron chi connectivity index (χ2n) is 2.91. The van der Waals surface area contributed by atoms with E-state index in [0.29, 0.717) is 0 Å². The van der Waals surface area contributed by atoms with Gasteiger partial charge in [-0.2, -0.15) is 0 Å². The Morgan fingerprint density at radius 2 is 2.15 bits per heavy atom. The van der Waals surface area contributed by atoms with Crippen molar-refractivity contribution >= 4 is 39.2 Å². The fourth-order valence-corrected chi connectivity index (χ4v) is 6.07. The molecule has 0 amide bonds. The minimum Gasteiger partial charge on any atom is -0.327 e. The van der Waals surface area contributed by atoms with Crippen molar-refractivity contribution < 1.29 is 4.52 Å². The minimum atomic E-state index is -2.07.